The molecule has 0 bridgehead atoms. The predicted octanol–water partition coefficient (Wildman–Crippen LogP) is 3.39. The lowest BCUT2D eigenvalue weighted by Gasteiger charge is -2.07. The van der Waals surface area contributed by atoms with Gasteiger partial charge in [0.15, 0.2) is 6.61 Å². The molecule has 31 heavy (non-hydrogen) atoms. The zero-order valence-electron chi connectivity index (χ0n) is 16.7. The molecule has 2 amide bonds. The van der Waals surface area contributed by atoms with E-state index in [9.17, 15) is 19.2 Å². The Bertz CT molecular complexity index is 1090. The minimum Gasteiger partial charge on any atom is -0.452 e. The Morgan fingerprint density at radius 2 is 1.32 bits per heavy atom. The molecule has 0 aliphatic carbocycles. The van der Waals surface area contributed by atoms with Crippen LogP contribution in [0, 0.1) is 0 Å². The third-order valence-corrected chi connectivity index (χ3v) is 4.19. The van der Waals surface area contributed by atoms with Gasteiger partial charge in [-0.05, 0) is 47.5 Å². The van der Waals surface area contributed by atoms with E-state index in [1.54, 1.807) is 78.9 Å². The molecule has 0 aromatic heterocycles. The zero-order valence-corrected chi connectivity index (χ0v) is 16.7. The lowest BCUT2D eigenvalue weighted by atomic mass is 10.0. The monoisotopic (exact) mass is 417 g/mol. The highest BCUT2D eigenvalue weighted by Crippen LogP contribution is 2.23. The number of ether oxygens (including phenoxy) is 2. The van der Waals surface area contributed by atoms with Crippen molar-refractivity contribution in [2.45, 2.75) is 6.92 Å². The van der Waals surface area contributed by atoms with Gasteiger partial charge in [-0.3, -0.25) is 19.7 Å². The molecule has 0 saturated carbocycles. The highest BCUT2D eigenvalue weighted by atomic mass is 16.5. The van der Waals surface area contributed by atoms with Gasteiger partial charge in [-0.15, -0.1) is 0 Å². The summed E-state index contributed by atoms with van der Waals surface area (Å²) < 4.78 is 9.97. The summed E-state index contributed by atoms with van der Waals surface area (Å²) in [5.41, 5.74) is 2.31. The molecule has 7 nitrogen and oxygen atoms in total. The fraction of sp³-hybridized carbons (Fsp3) is 0.0833. The van der Waals surface area contributed by atoms with Crippen LogP contribution in [0.2, 0.25) is 0 Å². The van der Waals surface area contributed by atoms with Crippen LogP contribution in [0.15, 0.2) is 78.9 Å². The number of imide groups is 1. The van der Waals surface area contributed by atoms with Crippen LogP contribution < -0.4 is 10.1 Å². The molecule has 0 aliphatic heterocycles. The molecule has 3 aromatic rings. The Morgan fingerprint density at radius 1 is 0.742 bits per heavy atom. The summed E-state index contributed by atoms with van der Waals surface area (Å²) in [6, 6.07) is 21.8. The predicted molar refractivity (Wildman–Crippen MR) is 112 cm³/mol. The second kappa shape index (κ2) is 9.98. The largest absolute Gasteiger partial charge is 0.452 e. The highest BCUT2D eigenvalue weighted by molar-refractivity contribution is 6.05. The third kappa shape index (κ3) is 6.11. The number of benzene rings is 3. The summed E-state index contributed by atoms with van der Waals surface area (Å²) >= 11 is 0. The first kappa shape index (κ1) is 21.4. The van der Waals surface area contributed by atoms with Gasteiger partial charge >= 0.3 is 11.9 Å². The van der Waals surface area contributed by atoms with E-state index in [-0.39, 0.29) is 5.56 Å². The van der Waals surface area contributed by atoms with Gasteiger partial charge in [0.2, 0.25) is 0 Å². The summed E-state index contributed by atoms with van der Waals surface area (Å²) in [5, 5.41) is 2.16. The topological polar surface area (TPSA) is 98.8 Å². The minimum absolute atomic E-state index is 0.266. The van der Waals surface area contributed by atoms with Crippen molar-refractivity contribution >= 4 is 23.8 Å². The number of carbonyl (C=O) groups excluding carboxylic acids is 4. The first-order valence-corrected chi connectivity index (χ1v) is 9.37. The van der Waals surface area contributed by atoms with Crippen LogP contribution in [0.25, 0.3) is 11.1 Å². The number of rotatable bonds is 6. The Labute approximate surface area is 178 Å². The molecule has 7 heteroatoms. The number of amides is 2. The first-order chi connectivity index (χ1) is 14.9. The number of hydrogen-bond donors (Lipinski definition) is 1. The van der Waals surface area contributed by atoms with E-state index in [0.717, 1.165) is 11.1 Å². The maximum absolute atomic E-state index is 12.2. The quantitative estimate of drug-likeness (QED) is 0.488. The molecular formula is C24H19NO6. The highest BCUT2D eigenvalue weighted by Gasteiger charge is 2.14. The van der Waals surface area contributed by atoms with Crippen molar-refractivity contribution in [3.05, 3.63) is 90.0 Å². The van der Waals surface area contributed by atoms with Crippen LogP contribution in [0.1, 0.15) is 27.6 Å². The third-order valence-electron chi connectivity index (χ3n) is 4.19. The summed E-state index contributed by atoms with van der Waals surface area (Å²) in [5.74, 6) is -1.91. The summed E-state index contributed by atoms with van der Waals surface area (Å²) in [6.45, 7) is 0.757. The van der Waals surface area contributed by atoms with Crippen molar-refractivity contribution in [3.8, 4) is 16.9 Å². The normalized spacial score (nSPS) is 10.1. The van der Waals surface area contributed by atoms with Gasteiger partial charge in [0.1, 0.15) is 5.75 Å². The van der Waals surface area contributed by atoms with Crippen molar-refractivity contribution in [1.29, 1.82) is 0 Å². The fourth-order valence-electron chi connectivity index (χ4n) is 2.72. The lowest BCUT2D eigenvalue weighted by Crippen LogP contribution is -2.34. The molecule has 0 heterocycles. The van der Waals surface area contributed by atoms with Gasteiger partial charge in [-0.25, -0.2) is 4.79 Å². The zero-order chi connectivity index (χ0) is 22.2. The van der Waals surface area contributed by atoms with E-state index in [0.29, 0.717) is 11.3 Å². The van der Waals surface area contributed by atoms with E-state index in [4.69, 9.17) is 9.47 Å². The average molecular weight is 417 g/mol. The van der Waals surface area contributed by atoms with Crippen molar-refractivity contribution in [1.82, 2.24) is 5.32 Å². The fourth-order valence-corrected chi connectivity index (χ4v) is 2.72. The SMILES string of the molecule is CC(=O)Oc1ccc(-c2ccc(C(=O)OCC(=O)NC(=O)c3ccccc3)cc2)cc1. The number of esters is 2. The van der Waals surface area contributed by atoms with Crippen LogP contribution in [0.5, 0.6) is 5.75 Å². The van der Waals surface area contributed by atoms with E-state index in [1.165, 1.54) is 6.92 Å². The molecule has 0 spiro atoms. The maximum atomic E-state index is 12.2. The van der Waals surface area contributed by atoms with E-state index in [1.807, 2.05) is 0 Å². The lowest BCUT2D eigenvalue weighted by molar-refractivity contribution is -0.131. The van der Waals surface area contributed by atoms with Gasteiger partial charge in [0.05, 0.1) is 5.56 Å². The molecule has 3 aromatic carbocycles. The first-order valence-electron chi connectivity index (χ1n) is 9.37. The van der Waals surface area contributed by atoms with Gasteiger partial charge in [0.25, 0.3) is 11.8 Å². The second-order valence-corrected chi connectivity index (χ2v) is 6.51. The minimum atomic E-state index is -0.716. The van der Waals surface area contributed by atoms with Gasteiger partial charge in [0, 0.05) is 12.5 Å². The molecular weight excluding hydrogens is 398 g/mol. The standard InChI is InChI=1S/C24H19NO6/c1-16(26)31-21-13-11-18(12-14-21)17-7-9-20(10-8-17)24(29)30-15-22(27)25-23(28)19-5-3-2-4-6-19/h2-14H,15H2,1H3,(H,25,27,28). The van der Waals surface area contributed by atoms with E-state index >= 15 is 0 Å². The molecule has 0 atom stereocenters. The van der Waals surface area contributed by atoms with Crippen molar-refractivity contribution in [3.63, 3.8) is 0 Å². The summed E-state index contributed by atoms with van der Waals surface area (Å²) in [4.78, 5) is 46.9. The maximum Gasteiger partial charge on any atom is 0.338 e. The van der Waals surface area contributed by atoms with Crippen LogP contribution in [0.4, 0.5) is 0 Å². The Morgan fingerprint density at radius 3 is 1.90 bits per heavy atom. The Balaban J connectivity index is 1.53. The van der Waals surface area contributed by atoms with E-state index < -0.39 is 30.4 Å². The van der Waals surface area contributed by atoms with Gasteiger partial charge in [-0.2, -0.15) is 0 Å². The molecule has 156 valence electrons. The summed E-state index contributed by atoms with van der Waals surface area (Å²) in [7, 11) is 0. The molecule has 0 radical (unpaired) electrons. The van der Waals surface area contributed by atoms with Crippen LogP contribution in [-0.2, 0) is 14.3 Å². The van der Waals surface area contributed by atoms with Crippen molar-refractivity contribution in [2.24, 2.45) is 0 Å². The molecule has 0 unspecified atom stereocenters. The molecule has 3 rings (SSSR count). The van der Waals surface area contributed by atoms with Crippen LogP contribution >= 0.6 is 0 Å². The van der Waals surface area contributed by atoms with Crippen LogP contribution in [-0.4, -0.2) is 30.4 Å². The van der Waals surface area contributed by atoms with Gasteiger partial charge in [-0.1, -0.05) is 42.5 Å². The summed E-state index contributed by atoms with van der Waals surface area (Å²) in [6.07, 6.45) is 0. The smallest absolute Gasteiger partial charge is 0.338 e. The van der Waals surface area contributed by atoms with Crippen molar-refractivity contribution in [2.75, 3.05) is 6.61 Å². The van der Waals surface area contributed by atoms with Crippen LogP contribution in [0.3, 0.4) is 0 Å². The molecule has 0 aliphatic rings. The number of nitrogens with one attached hydrogen (secondary N) is 1. The Kier molecular flexibility index (Phi) is 6.90. The van der Waals surface area contributed by atoms with Gasteiger partial charge < -0.3 is 9.47 Å². The molecule has 1 N–H and O–H groups in total. The molecule has 0 saturated heterocycles. The Hall–Kier alpha value is -4.26. The second-order valence-electron chi connectivity index (χ2n) is 6.51. The van der Waals surface area contributed by atoms with Crippen molar-refractivity contribution < 1.29 is 28.7 Å². The molecule has 0 fully saturated rings. The van der Waals surface area contributed by atoms with E-state index in [2.05, 4.69) is 5.32 Å². The number of hydrogen-bond acceptors (Lipinski definition) is 6. The number of carbonyl (C=O) groups is 4. The average Bonchev–Trinajstić information content (AvgIpc) is 2.78.